The monoisotopic (exact) mass is 260 g/mol. The molecule has 3 heteroatoms. The number of nitrogens with two attached hydrogens (primary N) is 1. The van der Waals surface area contributed by atoms with E-state index in [1.165, 1.54) is 5.56 Å². The molecule has 1 saturated carbocycles. The Morgan fingerprint density at radius 3 is 2.37 bits per heavy atom. The van der Waals surface area contributed by atoms with Crippen molar-refractivity contribution in [1.82, 2.24) is 4.90 Å². The molecule has 0 spiro atoms. The molecule has 1 aliphatic carbocycles. The van der Waals surface area contributed by atoms with Crippen LogP contribution in [0.1, 0.15) is 39.2 Å². The lowest BCUT2D eigenvalue weighted by atomic mass is 9.86. The molecule has 1 aromatic rings. The first-order chi connectivity index (χ1) is 8.89. The van der Waals surface area contributed by atoms with Gasteiger partial charge in [0.15, 0.2) is 0 Å². The van der Waals surface area contributed by atoms with Gasteiger partial charge in [0.1, 0.15) is 0 Å². The quantitative estimate of drug-likeness (QED) is 0.904. The first kappa shape index (κ1) is 14.1. The second-order valence-corrected chi connectivity index (χ2v) is 6.53. The predicted molar refractivity (Wildman–Crippen MR) is 77.4 cm³/mol. The molecule has 0 heterocycles. The van der Waals surface area contributed by atoms with Gasteiger partial charge in [-0.15, -0.1) is 0 Å². The minimum atomic E-state index is -0.434. The van der Waals surface area contributed by atoms with Gasteiger partial charge in [0, 0.05) is 12.6 Å². The zero-order chi connectivity index (χ0) is 14.0. The van der Waals surface area contributed by atoms with Gasteiger partial charge in [0.25, 0.3) is 0 Å². The summed E-state index contributed by atoms with van der Waals surface area (Å²) >= 11 is 0. The normalized spacial score (nSPS) is 17.1. The summed E-state index contributed by atoms with van der Waals surface area (Å²) in [7, 11) is 0. The molecule has 0 radical (unpaired) electrons. The van der Waals surface area contributed by atoms with Crippen molar-refractivity contribution in [2.45, 2.75) is 52.2 Å². The molecule has 0 aromatic heterocycles. The fourth-order valence-corrected chi connectivity index (χ4v) is 2.10. The van der Waals surface area contributed by atoms with E-state index in [2.05, 4.69) is 12.1 Å². The molecule has 2 N–H and O–H groups in total. The smallest absolute Gasteiger partial charge is 0.240 e. The third kappa shape index (κ3) is 3.57. The van der Waals surface area contributed by atoms with Gasteiger partial charge in [-0.3, -0.25) is 4.79 Å². The molecule has 3 nitrogen and oxygen atoms in total. The second kappa shape index (κ2) is 5.33. The van der Waals surface area contributed by atoms with Crippen molar-refractivity contribution >= 4 is 5.91 Å². The van der Waals surface area contributed by atoms with E-state index >= 15 is 0 Å². The van der Waals surface area contributed by atoms with Gasteiger partial charge in [-0.25, -0.2) is 0 Å². The standard InChI is InChI=1S/C16H24N2O/c1-16(2,3)14(17)15(19)18(13-9-10-13)11-12-7-5-4-6-8-12/h4-8,13-14H,9-11,17H2,1-3H3. The van der Waals surface area contributed by atoms with Crippen molar-refractivity contribution in [2.75, 3.05) is 0 Å². The van der Waals surface area contributed by atoms with Gasteiger partial charge in [-0.1, -0.05) is 51.1 Å². The highest BCUT2D eigenvalue weighted by molar-refractivity contribution is 5.83. The van der Waals surface area contributed by atoms with Crippen molar-refractivity contribution < 1.29 is 4.79 Å². The van der Waals surface area contributed by atoms with Crippen LogP contribution in [0.3, 0.4) is 0 Å². The Morgan fingerprint density at radius 1 is 1.32 bits per heavy atom. The Bertz CT molecular complexity index is 432. The van der Waals surface area contributed by atoms with Crippen LogP contribution in [0.2, 0.25) is 0 Å². The van der Waals surface area contributed by atoms with Crippen molar-refractivity contribution in [3.8, 4) is 0 Å². The lowest BCUT2D eigenvalue weighted by Gasteiger charge is -2.32. The van der Waals surface area contributed by atoms with Crippen LogP contribution in [-0.2, 0) is 11.3 Å². The van der Waals surface area contributed by atoms with Gasteiger partial charge in [-0.05, 0) is 23.8 Å². The van der Waals surface area contributed by atoms with Gasteiger partial charge < -0.3 is 10.6 Å². The number of hydrogen-bond donors (Lipinski definition) is 1. The van der Waals surface area contributed by atoms with Crippen LogP contribution >= 0.6 is 0 Å². The number of carbonyl (C=O) groups excluding carboxylic acids is 1. The molecule has 19 heavy (non-hydrogen) atoms. The maximum absolute atomic E-state index is 12.6. The summed E-state index contributed by atoms with van der Waals surface area (Å²) in [6.45, 7) is 6.73. The average molecular weight is 260 g/mol. The Hall–Kier alpha value is -1.35. The summed E-state index contributed by atoms with van der Waals surface area (Å²) in [5.74, 6) is 0.0823. The molecular formula is C16H24N2O. The molecule has 0 aliphatic heterocycles. The molecule has 1 atom stereocenters. The first-order valence-electron chi connectivity index (χ1n) is 6.99. The number of benzene rings is 1. The third-order valence-electron chi connectivity index (χ3n) is 3.67. The Labute approximate surface area is 115 Å². The molecule has 1 unspecified atom stereocenters. The van der Waals surface area contributed by atoms with E-state index in [0.29, 0.717) is 12.6 Å². The van der Waals surface area contributed by atoms with Gasteiger partial charge >= 0.3 is 0 Å². The average Bonchev–Trinajstić information content (AvgIpc) is 3.18. The fourth-order valence-electron chi connectivity index (χ4n) is 2.10. The lowest BCUT2D eigenvalue weighted by molar-refractivity contribution is -0.136. The lowest BCUT2D eigenvalue weighted by Crippen LogP contribution is -2.50. The van der Waals surface area contributed by atoms with E-state index in [-0.39, 0.29) is 11.3 Å². The summed E-state index contributed by atoms with van der Waals surface area (Å²) in [5, 5.41) is 0. The number of hydrogen-bond acceptors (Lipinski definition) is 2. The van der Waals surface area contributed by atoms with E-state index in [4.69, 9.17) is 5.73 Å². The van der Waals surface area contributed by atoms with Crippen LogP contribution in [0.15, 0.2) is 30.3 Å². The van der Waals surface area contributed by atoms with Crippen molar-refractivity contribution in [3.63, 3.8) is 0 Å². The van der Waals surface area contributed by atoms with Gasteiger partial charge in [0.2, 0.25) is 5.91 Å². The molecule has 0 saturated heterocycles. The molecule has 0 bridgehead atoms. The SMILES string of the molecule is CC(C)(C)C(N)C(=O)N(Cc1ccccc1)C1CC1. The molecular weight excluding hydrogens is 236 g/mol. The highest BCUT2D eigenvalue weighted by Crippen LogP contribution is 2.30. The summed E-state index contributed by atoms with van der Waals surface area (Å²) < 4.78 is 0. The maximum atomic E-state index is 12.6. The predicted octanol–water partition coefficient (Wildman–Crippen LogP) is 2.55. The molecule has 1 fully saturated rings. The van der Waals surface area contributed by atoms with Crippen LogP contribution in [0, 0.1) is 5.41 Å². The number of nitrogens with zero attached hydrogens (tertiary/aromatic N) is 1. The Morgan fingerprint density at radius 2 is 1.89 bits per heavy atom. The molecule has 1 amide bonds. The zero-order valence-corrected chi connectivity index (χ0v) is 12.1. The second-order valence-electron chi connectivity index (χ2n) is 6.53. The minimum Gasteiger partial charge on any atom is -0.334 e. The molecule has 2 rings (SSSR count). The Balaban J connectivity index is 2.10. The molecule has 1 aliphatic rings. The number of carbonyl (C=O) groups is 1. The third-order valence-corrected chi connectivity index (χ3v) is 3.67. The minimum absolute atomic E-state index is 0.0823. The van der Waals surface area contributed by atoms with Crippen molar-refractivity contribution in [3.05, 3.63) is 35.9 Å². The van der Waals surface area contributed by atoms with E-state index in [9.17, 15) is 4.79 Å². The van der Waals surface area contributed by atoms with E-state index in [1.807, 2.05) is 43.9 Å². The summed E-state index contributed by atoms with van der Waals surface area (Å²) in [5.41, 5.74) is 7.10. The topological polar surface area (TPSA) is 46.3 Å². The highest BCUT2D eigenvalue weighted by Gasteiger charge is 2.38. The van der Waals surface area contributed by atoms with Gasteiger partial charge in [0.05, 0.1) is 6.04 Å². The van der Waals surface area contributed by atoms with E-state index < -0.39 is 6.04 Å². The molecule has 1 aromatic carbocycles. The number of rotatable bonds is 4. The van der Waals surface area contributed by atoms with Crippen LogP contribution in [0.25, 0.3) is 0 Å². The summed E-state index contributed by atoms with van der Waals surface area (Å²) in [6, 6.07) is 10.1. The summed E-state index contributed by atoms with van der Waals surface area (Å²) in [4.78, 5) is 14.5. The highest BCUT2D eigenvalue weighted by atomic mass is 16.2. The number of amides is 1. The summed E-state index contributed by atoms with van der Waals surface area (Å²) in [6.07, 6.45) is 2.21. The van der Waals surface area contributed by atoms with Crippen LogP contribution in [0.4, 0.5) is 0 Å². The largest absolute Gasteiger partial charge is 0.334 e. The van der Waals surface area contributed by atoms with E-state index in [1.54, 1.807) is 0 Å². The van der Waals surface area contributed by atoms with Crippen LogP contribution < -0.4 is 5.73 Å². The fraction of sp³-hybridized carbons (Fsp3) is 0.562. The molecule has 104 valence electrons. The first-order valence-corrected chi connectivity index (χ1v) is 6.99. The van der Waals surface area contributed by atoms with Crippen molar-refractivity contribution in [2.24, 2.45) is 11.1 Å². The van der Waals surface area contributed by atoms with E-state index in [0.717, 1.165) is 12.8 Å². The van der Waals surface area contributed by atoms with Crippen LogP contribution in [0.5, 0.6) is 0 Å². The van der Waals surface area contributed by atoms with Crippen molar-refractivity contribution in [1.29, 1.82) is 0 Å². The van der Waals surface area contributed by atoms with Gasteiger partial charge in [-0.2, -0.15) is 0 Å². The maximum Gasteiger partial charge on any atom is 0.240 e. The Kier molecular flexibility index (Phi) is 3.95. The van der Waals surface area contributed by atoms with Crippen LogP contribution in [-0.4, -0.2) is 22.9 Å². The zero-order valence-electron chi connectivity index (χ0n) is 12.1.